The van der Waals surface area contributed by atoms with E-state index in [-0.39, 0.29) is 22.1 Å². The van der Waals surface area contributed by atoms with Crippen LogP contribution in [0, 0.1) is 6.92 Å². The van der Waals surface area contributed by atoms with E-state index < -0.39 is 17.6 Å². The van der Waals surface area contributed by atoms with Crippen molar-refractivity contribution in [2.45, 2.75) is 23.8 Å². The molecule has 0 fully saturated rings. The first-order chi connectivity index (χ1) is 12.7. The van der Waals surface area contributed by atoms with Crippen molar-refractivity contribution in [3.63, 3.8) is 0 Å². The molecule has 142 valence electrons. The number of carbonyl (C=O) groups excluding carboxylic acids is 2. The lowest BCUT2D eigenvalue weighted by Gasteiger charge is -2.06. The van der Waals surface area contributed by atoms with Gasteiger partial charge in [0.05, 0.1) is 26.0 Å². The Bertz CT molecular complexity index is 1060. The van der Waals surface area contributed by atoms with E-state index >= 15 is 0 Å². The molecule has 27 heavy (non-hydrogen) atoms. The Hall–Kier alpha value is -2.10. The molecule has 5 nitrogen and oxygen atoms in total. The highest BCUT2D eigenvalue weighted by Gasteiger charge is 2.24. The van der Waals surface area contributed by atoms with E-state index in [4.69, 9.17) is 16.3 Å². The van der Waals surface area contributed by atoms with Crippen LogP contribution in [0.3, 0.4) is 0 Å². The molecule has 0 aliphatic carbocycles. The molecule has 0 aliphatic heterocycles. The summed E-state index contributed by atoms with van der Waals surface area (Å²) in [4.78, 5) is 24.4. The summed E-state index contributed by atoms with van der Waals surface area (Å²) in [5, 5.41) is 11.7. The molecule has 1 N–H and O–H groups in total. The molecular formula is C17H12ClF2NO4S2. The lowest BCUT2D eigenvalue weighted by atomic mass is 10.2. The molecule has 10 heteroatoms. The van der Waals surface area contributed by atoms with Crippen LogP contribution in [0.25, 0.3) is 10.9 Å². The van der Waals surface area contributed by atoms with Crippen LogP contribution in [0.2, 0.25) is 5.02 Å². The summed E-state index contributed by atoms with van der Waals surface area (Å²) in [7, 11) is 0. The SMILES string of the molecule is CC(=O)Oc1c(C)n(C(=O)c2csc(SC(F)F)c2)c2cc(Cl)c(O)cc12. The van der Waals surface area contributed by atoms with Crippen molar-refractivity contribution in [1.82, 2.24) is 4.57 Å². The highest BCUT2D eigenvalue weighted by Crippen LogP contribution is 2.39. The van der Waals surface area contributed by atoms with Gasteiger partial charge >= 0.3 is 5.97 Å². The van der Waals surface area contributed by atoms with Crippen LogP contribution in [-0.2, 0) is 4.79 Å². The molecule has 0 radical (unpaired) electrons. The first-order valence-electron chi connectivity index (χ1n) is 7.49. The summed E-state index contributed by atoms with van der Waals surface area (Å²) in [6, 6.07) is 4.06. The van der Waals surface area contributed by atoms with Gasteiger partial charge in [-0.1, -0.05) is 11.6 Å². The van der Waals surface area contributed by atoms with Crippen molar-refractivity contribution in [3.8, 4) is 11.5 Å². The van der Waals surface area contributed by atoms with Crippen LogP contribution in [0.1, 0.15) is 23.0 Å². The number of hydrogen-bond donors (Lipinski definition) is 1. The number of phenols is 1. The standard InChI is InChI=1S/C17H12ClF2NO4S2/c1-7-15(25-8(2)22)10-4-13(23)11(18)5-12(10)21(7)16(24)9-3-14(26-6-9)27-17(19)20/h3-6,17,23H,1-2H3. The van der Waals surface area contributed by atoms with Crippen LogP contribution < -0.4 is 4.74 Å². The summed E-state index contributed by atoms with van der Waals surface area (Å²) in [6.07, 6.45) is 0. The van der Waals surface area contributed by atoms with Crippen LogP contribution in [0.15, 0.2) is 27.8 Å². The van der Waals surface area contributed by atoms with Crippen LogP contribution >= 0.6 is 34.7 Å². The maximum absolute atomic E-state index is 13.0. The fourth-order valence-corrected chi connectivity index (χ4v) is 4.36. The third kappa shape index (κ3) is 3.80. The van der Waals surface area contributed by atoms with Gasteiger partial charge in [0.2, 0.25) is 0 Å². The predicted octanol–water partition coefficient (Wildman–Crippen LogP) is 5.30. The Morgan fingerprint density at radius 2 is 2.04 bits per heavy atom. The predicted molar refractivity (Wildman–Crippen MR) is 101 cm³/mol. The highest BCUT2D eigenvalue weighted by atomic mass is 35.5. The molecule has 0 atom stereocenters. The summed E-state index contributed by atoms with van der Waals surface area (Å²) in [5.74, 6) is -3.78. The van der Waals surface area contributed by atoms with Gasteiger partial charge < -0.3 is 9.84 Å². The van der Waals surface area contributed by atoms with Crippen molar-refractivity contribution in [1.29, 1.82) is 0 Å². The zero-order valence-electron chi connectivity index (χ0n) is 14.0. The van der Waals surface area contributed by atoms with Crippen LogP contribution in [0.5, 0.6) is 11.5 Å². The molecule has 2 aromatic heterocycles. The minimum absolute atomic E-state index is 0.0164. The maximum atomic E-state index is 13.0. The van der Waals surface area contributed by atoms with E-state index in [2.05, 4.69) is 0 Å². The molecule has 0 amide bonds. The van der Waals surface area contributed by atoms with E-state index in [1.54, 1.807) is 6.92 Å². The largest absolute Gasteiger partial charge is 0.506 e. The number of aromatic hydroxyl groups is 1. The number of carbonyl (C=O) groups is 2. The Morgan fingerprint density at radius 3 is 2.67 bits per heavy atom. The quantitative estimate of drug-likeness (QED) is 0.448. The molecule has 3 aromatic rings. The Kier molecular flexibility index (Phi) is 5.45. The van der Waals surface area contributed by atoms with Gasteiger partial charge in [-0.25, -0.2) is 0 Å². The molecule has 1 aromatic carbocycles. The lowest BCUT2D eigenvalue weighted by molar-refractivity contribution is -0.131. The van der Waals surface area contributed by atoms with Crippen LogP contribution in [-0.4, -0.2) is 27.3 Å². The van der Waals surface area contributed by atoms with E-state index in [0.29, 0.717) is 32.6 Å². The fraction of sp³-hybridized carbons (Fsp3) is 0.176. The molecule has 2 heterocycles. The van der Waals surface area contributed by atoms with Gasteiger partial charge in [0.1, 0.15) is 5.75 Å². The number of halogens is 3. The smallest absolute Gasteiger partial charge is 0.308 e. The van der Waals surface area contributed by atoms with Gasteiger partial charge in [-0.2, -0.15) is 8.78 Å². The molecular weight excluding hydrogens is 420 g/mol. The highest BCUT2D eigenvalue weighted by molar-refractivity contribution is 8.01. The molecule has 0 aliphatic rings. The monoisotopic (exact) mass is 431 g/mol. The second-order valence-electron chi connectivity index (χ2n) is 5.50. The van der Waals surface area contributed by atoms with E-state index in [1.807, 2.05) is 0 Å². The molecule has 0 saturated carbocycles. The maximum Gasteiger partial charge on any atom is 0.308 e. The second kappa shape index (κ2) is 7.49. The van der Waals surface area contributed by atoms with Gasteiger partial charge in [-0.05, 0) is 36.9 Å². The number of thiophene rings is 1. The lowest BCUT2D eigenvalue weighted by Crippen LogP contribution is -2.13. The number of nitrogens with zero attached hydrogens (tertiary/aromatic N) is 1. The normalized spacial score (nSPS) is 11.3. The number of phenolic OH excluding ortho intramolecular Hbond substituents is 1. The minimum Gasteiger partial charge on any atom is -0.506 e. The third-order valence-corrected chi connectivity index (χ3v) is 5.82. The van der Waals surface area contributed by atoms with Crippen LogP contribution in [0.4, 0.5) is 8.78 Å². The zero-order chi connectivity index (χ0) is 19.9. The van der Waals surface area contributed by atoms with Gasteiger partial charge in [0.15, 0.2) is 5.75 Å². The summed E-state index contributed by atoms with van der Waals surface area (Å²) < 4.78 is 31.8. The first kappa shape index (κ1) is 19.7. The summed E-state index contributed by atoms with van der Waals surface area (Å²) >= 11 is 7.36. The number of rotatable bonds is 4. The Morgan fingerprint density at radius 1 is 1.33 bits per heavy atom. The van der Waals surface area contributed by atoms with Gasteiger partial charge in [-0.3, -0.25) is 14.2 Å². The van der Waals surface area contributed by atoms with E-state index in [0.717, 1.165) is 11.3 Å². The topological polar surface area (TPSA) is 68.5 Å². The average molecular weight is 432 g/mol. The molecule has 0 spiro atoms. The molecule has 0 saturated heterocycles. The van der Waals surface area contributed by atoms with Crippen molar-refractivity contribution >= 4 is 57.5 Å². The number of aromatic nitrogens is 1. The van der Waals surface area contributed by atoms with Gasteiger partial charge in [0.25, 0.3) is 11.7 Å². The Balaban J connectivity index is 2.16. The fourth-order valence-electron chi connectivity index (χ4n) is 2.64. The number of hydrogen-bond acceptors (Lipinski definition) is 6. The minimum atomic E-state index is -2.59. The van der Waals surface area contributed by atoms with E-state index in [9.17, 15) is 23.5 Å². The second-order valence-corrected chi connectivity index (χ2v) is 8.11. The molecule has 0 unspecified atom stereocenters. The summed E-state index contributed by atoms with van der Waals surface area (Å²) in [5.41, 5.74) is 0.855. The van der Waals surface area contributed by atoms with Crippen molar-refractivity contribution in [2.24, 2.45) is 0 Å². The number of ether oxygens (including phenoxy) is 1. The summed E-state index contributed by atoms with van der Waals surface area (Å²) in [6.45, 7) is 2.79. The number of fused-ring (bicyclic) bond motifs is 1. The van der Waals surface area contributed by atoms with E-state index in [1.165, 1.54) is 35.1 Å². The van der Waals surface area contributed by atoms with Gasteiger partial charge in [0, 0.05) is 17.7 Å². The van der Waals surface area contributed by atoms with Crippen molar-refractivity contribution < 1.29 is 28.2 Å². The number of thioether (sulfide) groups is 1. The number of benzene rings is 1. The van der Waals surface area contributed by atoms with Crippen molar-refractivity contribution in [2.75, 3.05) is 0 Å². The van der Waals surface area contributed by atoms with Gasteiger partial charge in [-0.15, -0.1) is 11.3 Å². The molecule has 0 bridgehead atoms. The third-order valence-electron chi connectivity index (χ3n) is 3.69. The average Bonchev–Trinajstić information content (AvgIpc) is 3.11. The molecule has 3 rings (SSSR count). The number of esters is 1. The zero-order valence-corrected chi connectivity index (χ0v) is 16.3. The Labute approximate surface area is 165 Å². The number of alkyl halides is 2. The first-order valence-corrected chi connectivity index (χ1v) is 9.62. The van der Waals surface area contributed by atoms with Crippen molar-refractivity contribution in [3.05, 3.63) is 39.9 Å².